The molecule has 1 aliphatic carbocycles. The molecule has 6 heteroatoms. The van der Waals surface area contributed by atoms with Crippen LogP contribution in [-0.4, -0.2) is 38.2 Å². The quantitative estimate of drug-likeness (QED) is 0.675. The van der Waals surface area contributed by atoms with Crippen LogP contribution >= 0.6 is 0 Å². The van der Waals surface area contributed by atoms with Gasteiger partial charge in [-0.15, -0.1) is 0 Å². The summed E-state index contributed by atoms with van der Waals surface area (Å²) in [4.78, 5) is 12.0. The summed E-state index contributed by atoms with van der Waals surface area (Å²) in [6.45, 7) is 0.142. The van der Waals surface area contributed by atoms with Crippen LogP contribution in [0.4, 0.5) is 0 Å². The van der Waals surface area contributed by atoms with Crippen molar-refractivity contribution in [3.05, 3.63) is 29.8 Å². The molecule has 2 aliphatic rings. The molecule has 3 atom stereocenters. The first-order chi connectivity index (χ1) is 10.6. The Balaban J connectivity index is 2.01. The van der Waals surface area contributed by atoms with Gasteiger partial charge in [0.25, 0.3) is 0 Å². The maximum Gasteiger partial charge on any atom is 0.313 e. The minimum Gasteiger partial charge on any atom is -0.493 e. The molecule has 0 amide bonds. The van der Waals surface area contributed by atoms with Crippen LogP contribution in [0.15, 0.2) is 24.3 Å². The minimum atomic E-state index is -0.595. The van der Waals surface area contributed by atoms with Crippen molar-refractivity contribution in [1.29, 1.82) is 0 Å². The molecule has 1 aliphatic heterocycles. The molecule has 0 unspecified atom stereocenters. The molecule has 1 heterocycles. The standard InChI is InChI=1S/C16H18O6/c1-19-13-5-9(6-14-15(13)22-8-21-14)12-7-10(17)3-4-11(12)16(18)20-2/h3-6,10-12,17H,7-8H2,1-2H3/t10-,11+,12-/m1/s1. The SMILES string of the molecule is COC(=O)[C@H]1C=C[C@@H](O)C[C@@H]1c1cc(OC)c2c(c1)OCO2. The zero-order valence-electron chi connectivity index (χ0n) is 12.4. The van der Waals surface area contributed by atoms with E-state index in [9.17, 15) is 9.90 Å². The van der Waals surface area contributed by atoms with Gasteiger partial charge in [-0.3, -0.25) is 4.79 Å². The second-order valence-corrected chi connectivity index (χ2v) is 5.30. The van der Waals surface area contributed by atoms with E-state index >= 15 is 0 Å². The van der Waals surface area contributed by atoms with Crippen molar-refractivity contribution >= 4 is 5.97 Å². The van der Waals surface area contributed by atoms with E-state index in [-0.39, 0.29) is 18.7 Å². The highest BCUT2D eigenvalue weighted by molar-refractivity contribution is 5.76. The van der Waals surface area contributed by atoms with E-state index in [1.54, 1.807) is 19.3 Å². The van der Waals surface area contributed by atoms with Gasteiger partial charge in [-0.1, -0.05) is 12.2 Å². The summed E-state index contributed by atoms with van der Waals surface area (Å²) in [5, 5.41) is 9.91. The molecule has 0 radical (unpaired) electrons. The lowest BCUT2D eigenvalue weighted by atomic mass is 9.78. The van der Waals surface area contributed by atoms with Crippen LogP contribution in [0.2, 0.25) is 0 Å². The average molecular weight is 306 g/mol. The number of rotatable bonds is 3. The van der Waals surface area contributed by atoms with Crippen molar-refractivity contribution in [2.75, 3.05) is 21.0 Å². The van der Waals surface area contributed by atoms with Crippen molar-refractivity contribution < 1.29 is 28.8 Å². The average Bonchev–Trinajstić information content (AvgIpc) is 3.01. The van der Waals surface area contributed by atoms with Crippen molar-refractivity contribution in [2.24, 2.45) is 5.92 Å². The number of aliphatic hydroxyl groups is 1. The molecular weight excluding hydrogens is 288 g/mol. The molecule has 22 heavy (non-hydrogen) atoms. The number of methoxy groups -OCH3 is 2. The molecule has 3 rings (SSSR count). The van der Waals surface area contributed by atoms with Gasteiger partial charge < -0.3 is 24.1 Å². The molecule has 0 saturated heterocycles. The fourth-order valence-corrected chi connectivity index (χ4v) is 2.95. The highest BCUT2D eigenvalue weighted by Gasteiger charge is 2.34. The Bertz CT molecular complexity index is 609. The fourth-order valence-electron chi connectivity index (χ4n) is 2.95. The van der Waals surface area contributed by atoms with E-state index in [1.807, 2.05) is 12.1 Å². The highest BCUT2D eigenvalue weighted by Crippen LogP contribution is 2.46. The number of hydrogen-bond acceptors (Lipinski definition) is 6. The number of ether oxygens (including phenoxy) is 4. The third-order valence-corrected chi connectivity index (χ3v) is 4.05. The van der Waals surface area contributed by atoms with Crippen LogP contribution < -0.4 is 14.2 Å². The van der Waals surface area contributed by atoms with Crippen LogP contribution in [0.25, 0.3) is 0 Å². The molecule has 0 fully saturated rings. The molecule has 0 aromatic heterocycles. The lowest BCUT2D eigenvalue weighted by Gasteiger charge is -2.29. The van der Waals surface area contributed by atoms with E-state index in [0.29, 0.717) is 23.7 Å². The van der Waals surface area contributed by atoms with Crippen molar-refractivity contribution in [1.82, 2.24) is 0 Å². The molecule has 1 N–H and O–H groups in total. The molecule has 0 bridgehead atoms. The highest BCUT2D eigenvalue weighted by atomic mass is 16.7. The van der Waals surface area contributed by atoms with Crippen LogP contribution in [-0.2, 0) is 9.53 Å². The molecule has 0 spiro atoms. The van der Waals surface area contributed by atoms with E-state index in [2.05, 4.69) is 0 Å². The van der Waals surface area contributed by atoms with Gasteiger partial charge in [0.05, 0.1) is 26.2 Å². The van der Waals surface area contributed by atoms with E-state index in [1.165, 1.54) is 7.11 Å². The fraction of sp³-hybridized carbons (Fsp3) is 0.438. The number of carbonyl (C=O) groups excluding carboxylic acids is 1. The van der Waals surface area contributed by atoms with Crippen LogP contribution in [0.5, 0.6) is 17.2 Å². The van der Waals surface area contributed by atoms with Gasteiger partial charge in [-0.25, -0.2) is 0 Å². The first kappa shape index (κ1) is 14.7. The summed E-state index contributed by atoms with van der Waals surface area (Å²) in [7, 11) is 2.91. The zero-order chi connectivity index (χ0) is 15.7. The van der Waals surface area contributed by atoms with Gasteiger partial charge in [0, 0.05) is 5.92 Å². The molecule has 118 valence electrons. The predicted octanol–water partition coefficient (Wildman–Crippen LogP) is 1.62. The third-order valence-electron chi connectivity index (χ3n) is 4.05. The number of hydrogen-bond donors (Lipinski definition) is 1. The number of fused-ring (bicyclic) bond motifs is 1. The van der Waals surface area contributed by atoms with Crippen molar-refractivity contribution in [3.63, 3.8) is 0 Å². The minimum absolute atomic E-state index is 0.142. The van der Waals surface area contributed by atoms with Crippen molar-refractivity contribution in [2.45, 2.75) is 18.4 Å². The summed E-state index contributed by atoms with van der Waals surface area (Å²) in [6.07, 6.45) is 3.16. The predicted molar refractivity (Wildman–Crippen MR) is 77.1 cm³/mol. The van der Waals surface area contributed by atoms with Gasteiger partial charge in [-0.2, -0.15) is 0 Å². The Morgan fingerprint density at radius 1 is 1.27 bits per heavy atom. The maximum absolute atomic E-state index is 12.0. The lowest BCUT2D eigenvalue weighted by molar-refractivity contribution is -0.144. The van der Waals surface area contributed by atoms with E-state index in [0.717, 1.165) is 5.56 Å². The van der Waals surface area contributed by atoms with Crippen molar-refractivity contribution in [3.8, 4) is 17.2 Å². The Hall–Kier alpha value is -2.21. The van der Waals surface area contributed by atoms with Gasteiger partial charge in [-0.05, 0) is 24.1 Å². The van der Waals surface area contributed by atoms with Crippen LogP contribution in [0.1, 0.15) is 17.9 Å². The Kier molecular flexibility index (Phi) is 3.94. The molecule has 6 nitrogen and oxygen atoms in total. The largest absolute Gasteiger partial charge is 0.493 e. The summed E-state index contributed by atoms with van der Waals surface area (Å²) < 4.78 is 21.0. The molecular formula is C16H18O6. The molecule has 1 aromatic carbocycles. The first-order valence-electron chi connectivity index (χ1n) is 7.05. The van der Waals surface area contributed by atoms with Gasteiger partial charge in [0.1, 0.15) is 0 Å². The smallest absolute Gasteiger partial charge is 0.313 e. The summed E-state index contributed by atoms with van der Waals surface area (Å²) in [6, 6.07) is 3.65. The van der Waals surface area contributed by atoms with Crippen LogP contribution in [0, 0.1) is 5.92 Å². The Morgan fingerprint density at radius 2 is 2.09 bits per heavy atom. The lowest BCUT2D eigenvalue weighted by Crippen LogP contribution is -2.28. The van der Waals surface area contributed by atoms with E-state index in [4.69, 9.17) is 18.9 Å². The summed E-state index contributed by atoms with van der Waals surface area (Å²) >= 11 is 0. The number of aliphatic hydroxyl groups excluding tert-OH is 1. The van der Waals surface area contributed by atoms with Gasteiger partial charge >= 0.3 is 5.97 Å². The second-order valence-electron chi connectivity index (χ2n) is 5.30. The number of benzene rings is 1. The normalized spacial score (nSPS) is 25.9. The zero-order valence-corrected chi connectivity index (χ0v) is 12.4. The topological polar surface area (TPSA) is 74.2 Å². The van der Waals surface area contributed by atoms with Crippen LogP contribution in [0.3, 0.4) is 0 Å². The monoisotopic (exact) mass is 306 g/mol. The number of carbonyl (C=O) groups is 1. The summed E-state index contributed by atoms with van der Waals surface area (Å²) in [5.41, 5.74) is 0.847. The maximum atomic E-state index is 12.0. The second kappa shape index (κ2) is 5.88. The van der Waals surface area contributed by atoms with Gasteiger partial charge in [0.2, 0.25) is 12.5 Å². The Labute approximate surface area is 128 Å². The van der Waals surface area contributed by atoms with E-state index < -0.39 is 12.0 Å². The third kappa shape index (κ3) is 2.50. The molecule has 1 aromatic rings. The van der Waals surface area contributed by atoms with Gasteiger partial charge in [0.15, 0.2) is 11.5 Å². The summed E-state index contributed by atoms with van der Waals surface area (Å²) in [5.74, 6) is 0.714. The first-order valence-corrected chi connectivity index (χ1v) is 7.05. The number of esters is 1. The molecule has 0 saturated carbocycles. The Morgan fingerprint density at radius 3 is 2.82 bits per heavy atom.